The van der Waals surface area contributed by atoms with E-state index in [9.17, 15) is 0 Å². The lowest BCUT2D eigenvalue weighted by atomic mass is 10.0. The predicted molar refractivity (Wildman–Crippen MR) is 660 cm³/mol. The first-order valence-electron chi connectivity index (χ1n) is 52.9. The molecule has 0 bridgehead atoms. The van der Waals surface area contributed by atoms with E-state index in [0.29, 0.717) is 0 Å². The topological polar surface area (TPSA) is 16.2 Å². The zero-order valence-electron chi connectivity index (χ0n) is 92.2. The molecule has 0 fully saturated rings. The lowest BCUT2D eigenvalue weighted by Gasteiger charge is -2.40. The lowest BCUT2D eigenvalue weighted by molar-refractivity contribution is 1.22. The van der Waals surface area contributed by atoms with Crippen LogP contribution in [-0.4, -0.2) is 75.6 Å². The third kappa shape index (κ3) is 20.7. The van der Waals surface area contributed by atoms with Gasteiger partial charge in [0.15, 0.2) is 0 Å². The molecule has 732 valence electrons. The van der Waals surface area contributed by atoms with Gasteiger partial charge in [-0.3, -0.25) is 0 Å². The maximum absolute atomic E-state index is 2.50. The molecule has 0 N–H and O–H groups in total. The van der Waals surface area contributed by atoms with Gasteiger partial charge in [-0.05, 0) is 164 Å². The number of para-hydroxylation sites is 1. The summed E-state index contributed by atoms with van der Waals surface area (Å²) in [6.07, 6.45) is 0. The summed E-state index contributed by atoms with van der Waals surface area (Å²) >= 11 is 0. The van der Waals surface area contributed by atoms with E-state index in [0.717, 1.165) is 0 Å². The van der Waals surface area contributed by atoms with Crippen LogP contribution in [0.15, 0.2) is 352 Å². The van der Waals surface area contributed by atoms with E-state index in [1.807, 2.05) is 138 Å². The maximum Gasteiger partial charge on any atom is 0.118 e. The summed E-state index contributed by atoms with van der Waals surface area (Å²) in [5.41, 5.74) is 13.9. The Morgan fingerprint density at radius 2 is 0.326 bits per heavy atom. The van der Waals surface area contributed by atoms with Crippen LogP contribution >= 0.6 is 0 Å². The molecule has 0 saturated heterocycles. The molecule has 0 atom stereocenters. The van der Waals surface area contributed by atoms with Crippen LogP contribution in [0.3, 0.4) is 0 Å². The number of anilines is 10. The molecule has 0 radical (unpaired) electrons. The van der Waals surface area contributed by atoms with Gasteiger partial charge in [0, 0.05) is 114 Å². The van der Waals surface area contributed by atoms with Crippen LogP contribution < -0.4 is 76.4 Å². The fourth-order valence-corrected chi connectivity index (χ4v) is 37.7. The van der Waals surface area contributed by atoms with Crippen molar-refractivity contribution in [2.75, 3.05) is 59.7 Å². The summed E-state index contributed by atoms with van der Waals surface area (Å²) in [7, 11) is 2.36. The summed E-state index contributed by atoms with van der Waals surface area (Å²) in [5.74, 6) is 0. The molecule has 10 heteroatoms. The molecular weight excluding hydrogens is 1780 g/mol. The molecule has 5 aliphatic rings. The fraction of sp³-hybridized carbons (Fsp3) is 0.267. The van der Waals surface area contributed by atoms with Crippen LogP contribution in [-0.2, 0) is 0 Å². The number of hydrogen-bond acceptors (Lipinski definition) is 5. The Bertz CT molecular complexity index is 7220. The van der Waals surface area contributed by atoms with Crippen LogP contribution in [0.5, 0.6) is 0 Å². The summed E-state index contributed by atoms with van der Waals surface area (Å²) in [4.78, 5) is 12.0. The predicted octanol–water partition coefficient (Wildman–Crippen LogP) is 33.6. The van der Waals surface area contributed by atoms with Crippen molar-refractivity contribution < 1.29 is 0 Å². The van der Waals surface area contributed by atoms with Crippen molar-refractivity contribution >= 4 is 246 Å². The molecule has 5 aliphatic heterocycles. The number of rotatable bonds is 0. The van der Waals surface area contributed by atoms with Gasteiger partial charge in [-0.1, -0.05) is 519 Å². The normalized spacial score (nSPS) is 13.6. The van der Waals surface area contributed by atoms with Gasteiger partial charge in [0.1, 0.15) is 40.4 Å². The monoisotopic (exact) mass is 1950 g/mol. The van der Waals surface area contributed by atoms with E-state index in [1.54, 1.807) is 15.6 Å². The molecular formula is C131H163N5Si5. The van der Waals surface area contributed by atoms with Crippen molar-refractivity contribution in [3.05, 3.63) is 352 Å². The van der Waals surface area contributed by atoms with Gasteiger partial charge >= 0.3 is 0 Å². The first-order valence-corrected chi connectivity index (χ1v) is 67.9. The number of hydrogen-bond donors (Lipinski definition) is 0. The highest BCUT2D eigenvalue weighted by molar-refractivity contribution is 7.06. The molecule has 141 heavy (non-hydrogen) atoms. The minimum atomic E-state index is -1.80. The van der Waals surface area contributed by atoms with E-state index in [-0.39, 0.29) is 0 Å². The maximum atomic E-state index is 2.50. The van der Waals surface area contributed by atoms with Crippen molar-refractivity contribution in [3.8, 4) is 0 Å². The van der Waals surface area contributed by atoms with Crippen LogP contribution in [0, 0.1) is 0 Å². The second-order valence-electron chi connectivity index (χ2n) is 36.7. The minimum Gasteiger partial charge on any atom is -0.345 e. The zero-order valence-corrected chi connectivity index (χ0v) is 97.2. The minimum absolute atomic E-state index is 1.32. The van der Waals surface area contributed by atoms with E-state index in [4.69, 9.17) is 0 Å². The fourth-order valence-electron chi connectivity index (χ4n) is 21.5. The van der Waals surface area contributed by atoms with Gasteiger partial charge in [-0.15, -0.1) is 0 Å². The summed E-state index contributed by atoms with van der Waals surface area (Å²) < 4.78 is 0. The van der Waals surface area contributed by atoms with Crippen molar-refractivity contribution in [2.24, 2.45) is 0 Å². The molecule has 0 unspecified atom stereocenters. The Kier molecular flexibility index (Phi) is 38.3. The van der Waals surface area contributed by atoms with Gasteiger partial charge in [-0.2, -0.15) is 0 Å². The highest BCUT2D eigenvalue weighted by Crippen LogP contribution is 2.44. The Balaban J connectivity index is 0.000000173. The lowest BCUT2D eigenvalue weighted by Crippen LogP contribution is -2.59. The van der Waals surface area contributed by atoms with E-state index >= 15 is 0 Å². The second-order valence-corrected chi connectivity index (χ2v) is 58.2. The standard InChI is InChI=1S/4C23H21NSi.C19H19NSi.10C2H6/c1-24-20-14-12-17-9-5-7-11-19(17)23(20)25(2,3)21-15-13-16-8-4-6-10-18(16)22(21)24;1-24-22-18-10-6-4-8-16(18)12-14-20(22)25(2,3)21-15-13-17-9-5-7-11-19(17)23(21)24;1-24-20-14-17-9-4-5-10-18(17)15-22(20)25(2,3)21-13-12-16-8-6-7-11-19(16)23(21)24;1-24-20-13-12-16-8-6-7-11-19(16)23(20)25(2,3)22-15-18-10-5-4-9-17(18)14-21(22)24;1-20-16-10-6-7-11-18(16)21(2,3)19-13-15-9-5-4-8-14(15)12-17(19)20;10*1-2/h4*4-15H,1-3H3;4-13H,1-3H3;10*1-2H3. The molecule has 0 aromatic heterocycles. The quantitative estimate of drug-likeness (QED) is 0.140. The molecule has 19 aromatic carbocycles. The van der Waals surface area contributed by atoms with Crippen LogP contribution in [0.25, 0.3) is 97.0 Å². The Morgan fingerprint density at radius 3 is 0.645 bits per heavy atom. The van der Waals surface area contributed by atoms with Crippen LogP contribution in [0.4, 0.5) is 56.9 Å². The van der Waals surface area contributed by atoms with Gasteiger partial charge in [0.25, 0.3) is 0 Å². The summed E-state index contributed by atoms with van der Waals surface area (Å²) in [6, 6.07) is 130. The first kappa shape index (κ1) is 111. The summed E-state index contributed by atoms with van der Waals surface area (Å²) in [6.45, 7) is 64.9. The number of nitrogens with zero attached hydrogens (tertiary/aromatic N) is 5. The number of benzene rings is 19. The largest absolute Gasteiger partial charge is 0.345 e. The van der Waals surface area contributed by atoms with Gasteiger partial charge in [0.2, 0.25) is 0 Å². The molecule has 0 saturated carbocycles. The Labute approximate surface area is 855 Å². The Morgan fingerprint density at radius 1 is 0.135 bits per heavy atom. The average molecular weight is 1950 g/mol. The van der Waals surface area contributed by atoms with Gasteiger partial charge < -0.3 is 24.5 Å². The number of fused-ring (bicyclic) bond motifs is 25. The van der Waals surface area contributed by atoms with Crippen molar-refractivity contribution in [1.82, 2.24) is 0 Å². The highest BCUT2D eigenvalue weighted by Gasteiger charge is 2.44. The van der Waals surface area contributed by atoms with Crippen molar-refractivity contribution in [1.29, 1.82) is 0 Å². The highest BCUT2D eigenvalue weighted by atomic mass is 28.3. The molecule has 0 aliphatic carbocycles. The second kappa shape index (κ2) is 48.9. The summed E-state index contributed by atoms with van der Waals surface area (Å²) in [5, 5.41) is 39.7. The molecule has 5 heterocycles. The molecule has 24 rings (SSSR count). The molecule has 5 nitrogen and oxygen atoms in total. The van der Waals surface area contributed by atoms with Crippen molar-refractivity contribution in [3.63, 3.8) is 0 Å². The van der Waals surface area contributed by atoms with Crippen molar-refractivity contribution in [2.45, 2.75) is 204 Å². The first-order chi connectivity index (χ1) is 68.4. The zero-order chi connectivity index (χ0) is 103. The van der Waals surface area contributed by atoms with Crippen LogP contribution in [0.1, 0.15) is 138 Å². The molecule has 0 amide bonds. The van der Waals surface area contributed by atoms with E-state index < -0.39 is 40.4 Å². The van der Waals surface area contributed by atoms with Gasteiger partial charge in [-0.25, -0.2) is 0 Å². The third-order valence-corrected chi connectivity index (χ3v) is 45.6. The van der Waals surface area contributed by atoms with E-state index in [1.165, 1.54) is 190 Å². The average Bonchev–Trinajstić information content (AvgIpc) is 0.750. The smallest absolute Gasteiger partial charge is 0.118 e. The Hall–Kier alpha value is -12.4. The SMILES string of the molecule is CC.CC.CC.CC.CC.CC.CC.CC.CC.CC.CN1c2c(ccc3ccccc23)[Si](C)(C)c2ccc3ccccc3c21.CN1c2cc3ccccc3cc2[Si](C)(C)c2c1ccc1ccccc21.CN1c2cc3ccccc3cc2[Si](C)(C)c2ccc3ccccc3c21.CN1c2ccc3ccccc3c2[Si](C)(C)c2ccc3ccccc3c21.CN1c2ccccc2[Si](C)(C)c2cc3ccccc3cc21. The molecule has 19 aromatic rings. The third-order valence-electron chi connectivity index (χ3n) is 28.1. The van der Waals surface area contributed by atoms with Gasteiger partial charge in [0.05, 0.1) is 0 Å². The van der Waals surface area contributed by atoms with Crippen LogP contribution in [0.2, 0.25) is 65.5 Å². The van der Waals surface area contributed by atoms with E-state index in [2.05, 4.69) is 477 Å². The molecule has 0 spiro atoms.